The lowest BCUT2D eigenvalue weighted by molar-refractivity contribution is 0.00211. The molecule has 0 fully saturated rings. The van der Waals surface area contributed by atoms with E-state index in [4.69, 9.17) is 23.2 Å². The molecule has 4 heterocycles. The number of imide groups is 4. The smallest absolute Gasteiger partial charge is 0.267 e. The van der Waals surface area contributed by atoms with Crippen molar-refractivity contribution in [3.8, 4) is 0 Å². The van der Waals surface area contributed by atoms with Gasteiger partial charge < -0.3 is 0 Å². The van der Waals surface area contributed by atoms with Crippen LogP contribution in [0.4, 0.5) is 0 Å². The summed E-state index contributed by atoms with van der Waals surface area (Å²) in [5.41, 5.74) is 0.873. The molecule has 302 valence electrons. The van der Waals surface area contributed by atoms with Crippen LogP contribution in [-0.2, 0) is 6.42 Å². The molecule has 0 radical (unpaired) electrons. The Morgan fingerprint density at radius 3 is 1.31 bits per heavy atom. The third kappa shape index (κ3) is 5.64. The van der Waals surface area contributed by atoms with Crippen molar-refractivity contribution < 1.29 is 38.4 Å². The van der Waals surface area contributed by atoms with Crippen LogP contribution in [0.3, 0.4) is 0 Å². The number of carbonyl (C=O) groups is 8. The minimum atomic E-state index is -1.07. The summed E-state index contributed by atoms with van der Waals surface area (Å²) < 4.78 is 0. The molecule has 0 spiro atoms. The van der Waals surface area contributed by atoms with E-state index in [2.05, 4.69) is 10.2 Å². The SMILES string of the molecule is CC(C=NN1C(=O)c2ccc3c4c(ccc(c24)C1=O)C(=O)N(N1C(=O)c2ccc4c5c(ccc(c25)C1=O)C(=O)N(N=Cc1cc(Cl)ccc1Cl)C4=O)C3=O)CCc1ccccc1. The molecule has 62 heavy (non-hydrogen) atoms. The van der Waals surface area contributed by atoms with Crippen LogP contribution in [0.2, 0.25) is 10.0 Å². The number of hydrazone groups is 2. The summed E-state index contributed by atoms with van der Waals surface area (Å²) in [4.78, 5) is 113. The predicted molar refractivity (Wildman–Crippen MR) is 226 cm³/mol. The van der Waals surface area contributed by atoms with E-state index >= 15 is 0 Å². The Balaban J connectivity index is 0.962. The standard InChI is InChI=1S/C46H26Cl2N6O8/c1-22(7-8-23-5-3-2-4-6-23)20-49-51-39(55)26-10-14-30-37-31(15-11-27(35(26)37)40(51)56)44(60)53(43(30)59)54-45(61)32-16-12-28-36-29(13-17-33(38(32)36)46(54)62)42(58)52(41(28)57)50-21-24-19-25(47)9-18-34(24)48/h2-6,9-22H,7-8H2,1H3. The van der Waals surface area contributed by atoms with Crippen molar-refractivity contribution in [3.63, 3.8) is 0 Å². The number of amides is 8. The molecule has 0 N–H and O–H groups in total. The third-order valence-corrected chi connectivity index (χ3v) is 11.9. The Kier molecular flexibility index (Phi) is 8.83. The highest BCUT2D eigenvalue weighted by atomic mass is 35.5. The Labute approximate surface area is 360 Å². The first-order valence-electron chi connectivity index (χ1n) is 19.2. The number of nitrogens with zero attached hydrogens (tertiary/aromatic N) is 6. The normalized spacial score (nSPS) is 16.4. The van der Waals surface area contributed by atoms with Gasteiger partial charge in [0.15, 0.2) is 0 Å². The van der Waals surface area contributed by atoms with Gasteiger partial charge >= 0.3 is 0 Å². The number of halogens is 2. The molecule has 0 aromatic heterocycles. The molecule has 6 aromatic rings. The summed E-state index contributed by atoms with van der Waals surface area (Å²) in [5, 5.41) is 11.3. The highest BCUT2D eigenvalue weighted by Gasteiger charge is 2.48. The van der Waals surface area contributed by atoms with Crippen LogP contribution in [0.1, 0.15) is 107 Å². The number of aryl methyl sites for hydroxylation is 1. The van der Waals surface area contributed by atoms with Crippen LogP contribution < -0.4 is 0 Å². The summed E-state index contributed by atoms with van der Waals surface area (Å²) in [7, 11) is 0. The molecular formula is C46H26Cl2N6O8. The van der Waals surface area contributed by atoms with Crippen LogP contribution in [0.5, 0.6) is 0 Å². The monoisotopic (exact) mass is 860 g/mol. The van der Waals surface area contributed by atoms with Crippen molar-refractivity contribution >= 4 is 104 Å². The number of carbonyl (C=O) groups excluding carboxylic acids is 8. The molecule has 8 amide bonds. The molecule has 1 atom stereocenters. The second-order valence-electron chi connectivity index (χ2n) is 15.0. The fraction of sp³-hybridized carbons (Fsp3) is 0.0870. The maximum Gasteiger partial charge on any atom is 0.282 e. The van der Waals surface area contributed by atoms with Crippen molar-refractivity contribution in [2.75, 3.05) is 0 Å². The van der Waals surface area contributed by atoms with Gasteiger partial charge in [-0.2, -0.15) is 30.2 Å². The Bertz CT molecular complexity index is 3080. The van der Waals surface area contributed by atoms with Crippen molar-refractivity contribution in [2.24, 2.45) is 16.1 Å². The summed E-state index contributed by atoms with van der Waals surface area (Å²) >= 11 is 12.3. The summed E-state index contributed by atoms with van der Waals surface area (Å²) in [5.74, 6) is -7.56. The van der Waals surface area contributed by atoms with E-state index in [0.29, 0.717) is 32.0 Å². The third-order valence-electron chi connectivity index (χ3n) is 11.3. The lowest BCUT2D eigenvalue weighted by Gasteiger charge is -2.38. The number of hydrazine groups is 1. The van der Waals surface area contributed by atoms with Gasteiger partial charge in [-0.05, 0) is 91.1 Å². The van der Waals surface area contributed by atoms with Gasteiger partial charge in [-0.15, -0.1) is 0 Å². The second-order valence-corrected chi connectivity index (χ2v) is 15.9. The Hall–Kier alpha value is -7.68. The van der Waals surface area contributed by atoms with Gasteiger partial charge in [-0.1, -0.05) is 60.5 Å². The Morgan fingerprint density at radius 1 is 0.500 bits per heavy atom. The summed E-state index contributed by atoms with van der Waals surface area (Å²) in [6, 6.07) is 24.9. The van der Waals surface area contributed by atoms with E-state index in [1.54, 1.807) is 6.07 Å². The minimum Gasteiger partial charge on any atom is -0.267 e. The molecule has 0 saturated heterocycles. The van der Waals surface area contributed by atoms with Crippen LogP contribution in [0.25, 0.3) is 21.5 Å². The maximum absolute atomic E-state index is 14.4. The first kappa shape index (κ1) is 38.5. The van der Waals surface area contributed by atoms with Gasteiger partial charge in [0, 0.05) is 43.4 Å². The average Bonchev–Trinajstić information content (AvgIpc) is 3.27. The van der Waals surface area contributed by atoms with E-state index in [0.717, 1.165) is 17.0 Å². The van der Waals surface area contributed by atoms with Crippen molar-refractivity contribution in [1.29, 1.82) is 0 Å². The largest absolute Gasteiger partial charge is 0.282 e. The average molecular weight is 862 g/mol. The van der Waals surface area contributed by atoms with Gasteiger partial charge in [-0.25, -0.2) is 0 Å². The minimum absolute atomic E-state index is 0.0138. The van der Waals surface area contributed by atoms with E-state index in [1.165, 1.54) is 73.1 Å². The number of benzene rings is 6. The molecular weight excluding hydrogens is 835 g/mol. The zero-order valence-electron chi connectivity index (χ0n) is 32.1. The van der Waals surface area contributed by atoms with Crippen LogP contribution in [0, 0.1) is 5.92 Å². The van der Waals surface area contributed by atoms with Crippen molar-refractivity contribution in [3.05, 3.63) is 163 Å². The number of rotatable bonds is 8. The van der Waals surface area contributed by atoms with E-state index < -0.39 is 47.3 Å². The summed E-state index contributed by atoms with van der Waals surface area (Å²) in [6.45, 7) is 1.92. The number of hydrogen-bond acceptors (Lipinski definition) is 10. The van der Waals surface area contributed by atoms with E-state index in [1.807, 2.05) is 37.3 Å². The summed E-state index contributed by atoms with van der Waals surface area (Å²) in [6.07, 6.45) is 4.22. The second kappa shape index (κ2) is 14.2. The molecule has 4 aliphatic rings. The van der Waals surface area contributed by atoms with E-state index in [-0.39, 0.29) is 77.0 Å². The highest BCUT2D eigenvalue weighted by Crippen LogP contribution is 2.42. The Morgan fingerprint density at radius 2 is 0.887 bits per heavy atom. The van der Waals surface area contributed by atoms with Gasteiger partial charge in [0.25, 0.3) is 47.3 Å². The number of hydrogen-bond donors (Lipinski definition) is 0. The topological polar surface area (TPSA) is 174 Å². The van der Waals surface area contributed by atoms with E-state index in [9.17, 15) is 38.4 Å². The fourth-order valence-corrected chi connectivity index (χ4v) is 8.65. The fourth-order valence-electron chi connectivity index (χ4n) is 8.30. The van der Waals surface area contributed by atoms with Gasteiger partial charge in [-0.3, -0.25) is 38.4 Å². The molecule has 6 aromatic carbocycles. The molecule has 0 aliphatic carbocycles. The highest BCUT2D eigenvalue weighted by molar-refractivity contribution is 6.38. The zero-order valence-corrected chi connectivity index (χ0v) is 33.6. The molecule has 0 saturated carbocycles. The lowest BCUT2D eigenvalue weighted by atomic mass is 9.85. The van der Waals surface area contributed by atoms with Crippen LogP contribution >= 0.6 is 23.2 Å². The van der Waals surface area contributed by atoms with Crippen molar-refractivity contribution in [1.82, 2.24) is 20.0 Å². The quantitative estimate of drug-likeness (QED) is 0.111. The molecule has 1 unspecified atom stereocenters. The lowest BCUT2D eigenvalue weighted by Crippen LogP contribution is -2.58. The van der Waals surface area contributed by atoms with Gasteiger partial charge in [0.1, 0.15) is 0 Å². The first-order chi connectivity index (χ1) is 29.8. The molecule has 14 nitrogen and oxygen atoms in total. The van der Waals surface area contributed by atoms with Crippen molar-refractivity contribution in [2.45, 2.75) is 19.8 Å². The van der Waals surface area contributed by atoms with Crippen LogP contribution in [-0.4, -0.2) is 79.7 Å². The molecule has 0 bridgehead atoms. The van der Waals surface area contributed by atoms with Gasteiger partial charge in [0.2, 0.25) is 0 Å². The zero-order chi connectivity index (χ0) is 43.3. The predicted octanol–water partition coefficient (Wildman–Crippen LogP) is 7.59. The first-order valence-corrected chi connectivity index (χ1v) is 19.9. The molecule has 10 rings (SSSR count). The molecule has 4 aliphatic heterocycles. The molecule has 16 heteroatoms. The van der Waals surface area contributed by atoms with Gasteiger partial charge in [0.05, 0.1) is 50.7 Å². The van der Waals surface area contributed by atoms with Crippen LogP contribution in [0.15, 0.2) is 107 Å². The maximum atomic E-state index is 14.4.